The molecule has 15 heteroatoms. The first-order chi connectivity index (χ1) is 28.4. The molecule has 6 rings (SSSR count). The van der Waals surface area contributed by atoms with Gasteiger partial charge in [0.05, 0.1) is 18.3 Å². The van der Waals surface area contributed by atoms with Crippen LogP contribution in [0.4, 0.5) is 31.8 Å². The lowest BCUT2D eigenvalue weighted by atomic mass is 9.95. The fraction of sp³-hybridized carbons (Fsp3) is 0.478. The van der Waals surface area contributed by atoms with Crippen LogP contribution in [0.2, 0.25) is 36.3 Å². The second-order valence-electron chi connectivity index (χ2n) is 18.8. The van der Waals surface area contributed by atoms with E-state index in [-0.39, 0.29) is 39.5 Å². The molecular weight excluding hydrogens is 811 g/mol. The lowest BCUT2D eigenvalue weighted by molar-refractivity contribution is -0.142. The molecule has 2 saturated heterocycles. The van der Waals surface area contributed by atoms with Crippen LogP contribution < -0.4 is 29.7 Å². The summed E-state index contributed by atoms with van der Waals surface area (Å²) in [6.45, 7) is 25.0. The Balaban J connectivity index is 0.000000222. The monoisotopic (exact) mass is 876 g/mol. The number of hydrogen-bond acceptors (Lipinski definition) is 9. The highest BCUT2D eigenvalue weighted by molar-refractivity contribution is 6.75. The highest BCUT2D eigenvalue weighted by Crippen LogP contribution is 2.38. The lowest BCUT2D eigenvalue weighted by Gasteiger charge is -2.36. The highest BCUT2D eigenvalue weighted by atomic mass is 28.4. The van der Waals surface area contributed by atoms with E-state index in [2.05, 4.69) is 92.8 Å². The number of piperidine rings is 2. The van der Waals surface area contributed by atoms with Gasteiger partial charge >= 0.3 is 5.97 Å². The summed E-state index contributed by atoms with van der Waals surface area (Å²) >= 11 is 0. The summed E-state index contributed by atoms with van der Waals surface area (Å²) in [6.07, 6.45) is 6.22. The summed E-state index contributed by atoms with van der Waals surface area (Å²) in [5.41, 5.74) is 7.48. The Kier molecular flexibility index (Phi) is 16.5. The van der Waals surface area contributed by atoms with Crippen LogP contribution >= 0.6 is 0 Å². The van der Waals surface area contributed by atoms with Gasteiger partial charge in [-0.1, -0.05) is 41.5 Å². The average Bonchev–Trinajstić information content (AvgIpc) is 3.20. The van der Waals surface area contributed by atoms with Crippen molar-refractivity contribution in [2.24, 2.45) is 11.8 Å². The van der Waals surface area contributed by atoms with Gasteiger partial charge in [-0.3, -0.25) is 9.59 Å². The second kappa shape index (κ2) is 20.7. The van der Waals surface area contributed by atoms with Gasteiger partial charge in [0.15, 0.2) is 0 Å². The van der Waals surface area contributed by atoms with Gasteiger partial charge in [0.2, 0.25) is 5.91 Å². The van der Waals surface area contributed by atoms with Gasteiger partial charge in [-0.25, -0.2) is 18.7 Å². The summed E-state index contributed by atoms with van der Waals surface area (Å²) in [6, 6.07) is 20.2. The topological polar surface area (TPSA) is 143 Å². The van der Waals surface area contributed by atoms with Crippen molar-refractivity contribution >= 4 is 51.5 Å². The standard InChI is InChI=1S/C23H32FN3O2Si.C12H14FNO2.C11H20N2OSi/c1-23(2,3)30(4,5)29-20-10-11-21(25-16-20)26-22(28)17-12-14-27(15-13-17)19-8-6-18(24)7-9-19;13-10-1-3-11(4-2-10)14-7-5-9(6-8-14)12(15)16;1-11(2,3)15(4,5)14-9-6-7-10(12)13-8-9/h6-11,16-17H,12-15H2,1-5H3,(H,25,26,28);1-4,9H,5-8H2,(H,15,16);6-8H,1-5H3,(H2,12,13). The van der Waals surface area contributed by atoms with Gasteiger partial charge in [-0.05, 0) is 135 Å². The quantitative estimate of drug-likeness (QED) is 0.139. The Labute approximate surface area is 363 Å². The molecule has 0 spiro atoms. The number of carbonyl (C=O) groups is 2. The first-order valence-electron chi connectivity index (χ1n) is 21.0. The number of nitrogens with zero attached hydrogens (tertiary/aromatic N) is 4. The molecule has 2 aromatic carbocycles. The fourth-order valence-corrected chi connectivity index (χ4v) is 8.21. The van der Waals surface area contributed by atoms with Gasteiger partial charge in [0.1, 0.15) is 34.8 Å². The van der Waals surface area contributed by atoms with Gasteiger partial charge < -0.3 is 34.8 Å². The van der Waals surface area contributed by atoms with Crippen molar-refractivity contribution in [3.63, 3.8) is 0 Å². The van der Waals surface area contributed by atoms with Crippen molar-refractivity contribution in [3.05, 3.63) is 96.8 Å². The minimum absolute atomic E-state index is 0.000629. The Morgan fingerprint density at radius 2 is 1.05 bits per heavy atom. The van der Waals surface area contributed by atoms with Gasteiger partial charge in [0.25, 0.3) is 16.6 Å². The Bertz CT molecular complexity index is 1990. The molecule has 0 aliphatic carbocycles. The number of hydrogen-bond donors (Lipinski definition) is 3. The maximum Gasteiger partial charge on any atom is 0.306 e. The first-order valence-corrected chi connectivity index (χ1v) is 26.9. The van der Waals surface area contributed by atoms with Crippen molar-refractivity contribution in [1.82, 2.24) is 9.97 Å². The molecule has 2 aromatic heterocycles. The number of halogens is 2. The number of pyridine rings is 2. The summed E-state index contributed by atoms with van der Waals surface area (Å²) in [5.74, 6) is 1.16. The first kappa shape index (κ1) is 48.6. The molecule has 2 aliphatic rings. The molecule has 4 heterocycles. The van der Waals surface area contributed by atoms with E-state index >= 15 is 0 Å². The van der Waals surface area contributed by atoms with Crippen molar-refractivity contribution in [2.45, 2.75) is 103 Å². The van der Waals surface area contributed by atoms with E-state index in [0.29, 0.717) is 24.5 Å². The van der Waals surface area contributed by atoms with Crippen molar-refractivity contribution < 1.29 is 32.3 Å². The van der Waals surface area contributed by atoms with Crippen LogP contribution in [0, 0.1) is 23.5 Å². The number of carboxylic acids is 1. The van der Waals surface area contributed by atoms with Crippen molar-refractivity contribution in [2.75, 3.05) is 47.0 Å². The van der Waals surface area contributed by atoms with Crippen molar-refractivity contribution in [1.29, 1.82) is 0 Å². The summed E-state index contributed by atoms with van der Waals surface area (Å²) in [4.78, 5) is 36.1. The van der Waals surface area contributed by atoms with E-state index in [1.807, 2.05) is 12.1 Å². The third-order valence-corrected chi connectivity index (χ3v) is 20.9. The number of nitrogens with two attached hydrogens (primary N) is 1. The SMILES string of the molecule is CC(C)(C)[Si](C)(C)Oc1ccc(N)nc1.CC(C)(C)[Si](C)(C)Oc1ccc(NC(=O)C2CCN(c3ccc(F)cc3)CC2)nc1.O=C(O)C1CCN(c2ccc(F)cc2)CC1. The van der Waals surface area contributed by atoms with E-state index in [4.69, 9.17) is 19.7 Å². The summed E-state index contributed by atoms with van der Waals surface area (Å²) < 4.78 is 38.1. The molecule has 0 bridgehead atoms. The van der Waals surface area contributed by atoms with Crippen LogP contribution in [0.5, 0.6) is 11.5 Å². The van der Waals surface area contributed by atoms with E-state index in [9.17, 15) is 18.4 Å². The maximum absolute atomic E-state index is 13.1. The number of amides is 1. The van der Waals surface area contributed by atoms with Crippen LogP contribution in [-0.4, -0.2) is 69.8 Å². The predicted octanol–water partition coefficient (Wildman–Crippen LogP) is 10.6. The molecule has 0 saturated carbocycles. The minimum atomic E-state index is -1.91. The third kappa shape index (κ3) is 14.5. The van der Waals surface area contributed by atoms with Crippen LogP contribution in [0.3, 0.4) is 0 Å². The molecule has 0 radical (unpaired) electrons. The number of rotatable bonds is 9. The van der Waals surface area contributed by atoms with Gasteiger partial charge in [-0.15, -0.1) is 0 Å². The Morgan fingerprint density at radius 3 is 1.39 bits per heavy atom. The molecule has 61 heavy (non-hydrogen) atoms. The lowest BCUT2D eigenvalue weighted by Crippen LogP contribution is -2.43. The second-order valence-corrected chi connectivity index (χ2v) is 28.3. The van der Waals surface area contributed by atoms with Gasteiger partial charge in [0, 0.05) is 43.5 Å². The van der Waals surface area contributed by atoms with Crippen LogP contribution in [0.25, 0.3) is 0 Å². The number of benzene rings is 2. The molecule has 11 nitrogen and oxygen atoms in total. The zero-order valence-corrected chi connectivity index (χ0v) is 39.6. The third-order valence-electron chi connectivity index (χ3n) is 12.2. The molecule has 332 valence electrons. The number of nitrogens with one attached hydrogen (secondary N) is 1. The summed E-state index contributed by atoms with van der Waals surface area (Å²) in [7, 11) is -3.66. The molecular formula is C46H66F2N6O5Si2. The molecule has 0 unspecified atom stereocenters. The number of carboxylic acid groups (broad SMARTS) is 1. The maximum atomic E-state index is 13.1. The van der Waals surface area contributed by atoms with E-state index in [0.717, 1.165) is 61.9 Å². The molecule has 2 fully saturated rings. The largest absolute Gasteiger partial charge is 0.542 e. The average molecular weight is 877 g/mol. The smallest absolute Gasteiger partial charge is 0.306 e. The van der Waals surface area contributed by atoms with Crippen LogP contribution in [0.15, 0.2) is 85.2 Å². The zero-order chi connectivity index (χ0) is 45.2. The highest BCUT2D eigenvalue weighted by Gasteiger charge is 2.40. The van der Waals surface area contributed by atoms with Crippen molar-refractivity contribution in [3.8, 4) is 11.5 Å². The zero-order valence-electron chi connectivity index (χ0n) is 37.6. The van der Waals surface area contributed by atoms with Crippen LogP contribution in [-0.2, 0) is 9.59 Å². The van der Waals surface area contributed by atoms with E-state index in [1.165, 1.54) is 24.3 Å². The number of aromatic nitrogens is 2. The summed E-state index contributed by atoms with van der Waals surface area (Å²) in [5, 5.41) is 12.1. The fourth-order valence-electron chi connectivity index (χ4n) is 6.18. The van der Waals surface area contributed by atoms with E-state index in [1.54, 1.807) is 48.8 Å². The molecule has 1 amide bonds. The predicted molar refractivity (Wildman–Crippen MR) is 247 cm³/mol. The number of anilines is 4. The van der Waals surface area contributed by atoms with Crippen LogP contribution in [0.1, 0.15) is 67.2 Å². The Morgan fingerprint density at radius 1 is 0.656 bits per heavy atom. The molecule has 0 atom stereocenters. The molecule has 4 N–H and O–H groups in total. The Hall–Kier alpha value is -5.03. The number of nitrogen functional groups attached to an aromatic ring is 1. The van der Waals surface area contributed by atoms with Gasteiger partial charge in [-0.2, -0.15) is 0 Å². The normalized spacial score (nSPS) is 15.4. The number of aliphatic carboxylic acids is 1. The molecule has 2 aliphatic heterocycles. The minimum Gasteiger partial charge on any atom is -0.542 e. The van der Waals surface area contributed by atoms with E-state index < -0.39 is 22.6 Å². The number of carbonyl (C=O) groups excluding carboxylic acids is 1. The molecule has 4 aromatic rings.